The van der Waals surface area contributed by atoms with Gasteiger partial charge in [-0.05, 0) is 111 Å². The Morgan fingerprint density at radius 2 is 1.06 bits per heavy atom. The number of fused-ring (bicyclic) bond motifs is 2. The second-order valence-electron chi connectivity index (χ2n) is 15.0. The van der Waals surface area contributed by atoms with Crippen molar-refractivity contribution < 1.29 is 33.5 Å². The highest BCUT2D eigenvalue weighted by Crippen LogP contribution is 2.33. The molecule has 65 heavy (non-hydrogen) atoms. The van der Waals surface area contributed by atoms with E-state index in [9.17, 15) is 19.7 Å². The van der Waals surface area contributed by atoms with Crippen molar-refractivity contribution in [2.45, 2.75) is 51.4 Å². The molecule has 3 heterocycles. The number of nitrogens with zero attached hydrogens (tertiary/aromatic N) is 6. The largest absolute Gasteiger partial charge is 0.494 e. The first-order chi connectivity index (χ1) is 31.8. The zero-order valence-electron chi connectivity index (χ0n) is 36.4. The number of pyridine rings is 1. The number of hydrogen-bond donors (Lipinski definition) is 0. The lowest BCUT2D eigenvalue weighted by atomic mass is 10.2. The second kappa shape index (κ2) is 22.5. The van der Waals surface area contributed by atoms with Crippen molar-refractivity contribution in [3.05, 3.63) is 156 Å². The van der Waals surface area contributed by atoms with Gasteiger partial charge in [0.2, 0.25) is 0 Å². The van der Waals surface area contributed by atoms with E-state index < -0.39 is 4.92 Å². The number of non-ortho nitro benzene ring substituents is 1. The Hall–Kier alpha value is -7.87. The summed E-state index contributed by atoms with van der Waals surface area (Å²) in [6, 6.07) is 42.1. The van der Waals surface area contributed by atoms with Crippen molar-refractivity contribution in [3.8, 4) is 45.6 Å². The van der Waals surface area contributed by atoms with Crippen molar-refractivity contribution in [1.29, 1.82) is 0 Å². The summed E-state index contributed by atoms with van der Waals surface area (Å²) in [6.45, 7) is 1.14. The normalized spacial score (nSPS) is 10.9. The van der Waals surface area contributed by atoms with Gasteiger partial charge in [-0.2, -0.15) is 0 Å². The average molecular weight is 875 g/mol. The molecule has 5 aromatic carbocycles. The number of ether oxygens (including phenoxy) is 4. The van der Waals surface area contributed by atoms with Crippen molar-refractivity contribution in [1.82, 2.24) is 24.1 Å². The highest BCUT2D eigenvalue weighted by atomic mass is 16.6. The smallest absolute Gasteiger partial charge is 0.305 e. The molecule has 0 spiro atoms. The van der Waals surface area contributed by atoms with E-state index in [1.54, 1.807) is 18.3 Å². The zero-order chi connectivity index (χ0) is 45.4. The monoisotopic (exact) mass is 874 g/mol. The molecule has 0 saturated heterocycles. The predicted molar refractivity (Wildman–Crippen MR) is 249 cm³/mol. The number of carbonyl (C=O) groups is 2. The van der Waals surface area contributed by atoms with Gasteiger partial charge in [-0.25, -0.2) is 9.97 Å². The molecule has 0 aliphatic heterocycles. The summed E-state index contributed by atoms with van der Waals surface area (Å²) in [5.41, 5.74) is 7.27. The minimum atomic E-state index is -0.414. The molecule has 8 aromatic rings. The van der Waals surface area contributed by atoms with Crippen LogP contribution in [0.2, 0.25) is 0 Å². The number of hydrogen-bond acceptors (Lipinski definition) is 11. The Bertz CT molecular complexity index is 2810. The lowest BCUT2D eigenvalue weighted by Gasteiger charge is -2.11. The summed E-state index contributed by atoms with van der Waals surface area (Å²) in [5, 5.41) is 11.1. The average Bonchev–Trinajstić information content (AvgIpc) is 3.93. The second-order valence-corrected chi connectivity index (χ2v) is 15.0. The van der Waals surface area contributed by atoms with Gasteiger partial charge in [0.15, 0.2) is 0 Å². The first-order valence-corrected chi connectivity index (χ1v) is 21.5. The number of methoxy groups -OCH3 is 2. The molecule has 0 unspecified atom stereocenters. The molecule has 0 radical (unpaired) electrons. The third-order valence-electron chi connectivity index (χ3n) is 10.6. The van der Waals surface area contributed by atoms with Crippen molar-refractivity contribution in [3.63, 3.8) is 0 Å². The molecule has 14 nitrogen and oxygen atoms in total. The molecule has 0 aliphatic rings. The van der Waals surface area contributed by atoms with Gasteiger partial charge in [-0.1, -0.05) is 36.4 Å². The third kappa shape index (κ3) is 11.8. The van der Waals surface area contributed by atoms with Gasteiger partial charge >= 0.3 is 11.9 Å². The summed E-state index contributed by atoms with van der Waals surface area (Å²) in [5.74, 6) is 2.71. The Kier molecular flexibility index (Phi) is 15.6. The standard InChI is InChI=1S/C26H25N3O5.C25H25N3O3/c1-33-25(30)10-6-3-7-17-34-22-15-16-23-24(18-22)28(20-8-4-2-5-9-20)26(27-23)19-11-13-21(14-12-19)29(31)32;1-30-24(29)12-6-3-7-16-31-21-13-14-22-23(17-21)28(20-10-4-2-5-11-20)25(27-22)19-9-8-15-26-18-19/h2,4-5,8-9,11-16,18H,3,6-7,10,17H2,1H3;2,4-5,8-11,13-15,17-18H,3,6-7,12,16H2,1H3. The maximum absolute atomic E-state index is 11.2. The maximum atomic E-state index is 11.2. The number of nitro benzene ring substituents is 1. The number of nitro groups is 1. The van der Waals surface area contributed by atoms with E-state index in [2.05, 4.69) is 31.2 Å². The molecule has 0 fully saturated rings. The Labute approximate surface area is 376 Å². The molecule has 8 rings (SSSR count). The minimum Gasteiger partial charge on any atom is -0.494 e. The number of unbranched alkanes of at least 4 members (excludes halogenated alkanes) is 4. The summed E-state index contributed by atoms with van der Waals surface area (Å²) >= 11 is 0. The fourth-order valence-electron chi connectivity index (χ4n) is 7.26. The molecule has 14 heteroatoms. The molecule has 0 aliphatic carbocycles. The zero-order valence-corrected chi connectivity index (χ0v) is 36.4. The van der Waals surface area contributed by atoms with Crippen LogP contribution in [0.4, 0.5) is 5.69 Å². The van der Waals surface area contributed by atoms with Gasteiger partial charge in [-0.15, -0.1) is 0 Å². The lowest BCUT2D eigenvalue weighted by molar-refractivity contribution is -0.384. The number of esters is 2. The molecule has 3 aromatic heterocycles. The summed E-state index contributed by atoms with van der Waals surface area (Å²) in [4.78, 5) is 47.0. The lowest BCUT2D eigenvalue weighted by Crippen LogP contribution is -2.01. The molecule has 0 amide bonds. The number of imidazole rings is 2. The number of aromatic nitrogens is 5. The fraction of sp³-hybridized carbons (Fsp3) is 0.235. The van der Waals surface area contributed by atoms with E-state index in [1.807, 2.05) is 108 Å². The molecule has 0 bridgehead atoms. The van der Waals surface area contributed by atoms with Crippen LogP contribution in [0.1, 0.15) is 51.4 Å². The van der Waals surface area contributed by atoms with Crippen molar-refractivity contribution >= 4 is 39.7 Å². The number of benzene rings is 5. The summed E-state index contributed by atoms with van der Waals surface area (Å²) in [6.07, 6.45) is 9.56. The highest BCUT2D eigenvalue weighted by Gasteiger charge is 2.18. The fourth-order valence-corrected chi connectivity index (χ4v) is 7.26. The van der Waals surface area contributed by atoms with Gasteiger partial charge in [0, 0.05) is 72.0 Å². The van der Waals surface area contributed by atoms with Gasteiger partial charge in [-0.3, -0.25) is 33.8 Å². The summed E-state index contributed by atoms with van der Waals surface area (Å²) < 4.78 is 25.4. The van der Waals surface area contributed by atoms with Crippen LogP contribution in [-0.4, -0.2) is 68.4 Å². The molecule has 0 saturated carbocycles. The van der Waals surface area contributed by atoms with Crippen LogP contribution in [0.3, 0.4) is 0 Å². The maximum Gasteiger partial charge on any atom is 0.305 e. The molecule has 332 valence electrons. The molecule has 0 N–H and O–H groups in total. The van der Waals surface area contributed by atoms with Crippen molar-refractivity contribution in [2.24, 2.45) is 0 Å². The van der Waals surface area contributed by atoms with Crippen LogP contribution in [0.5, 0.6) is 11.5 Å². The van der Waals surface area contributed by atoms with E-state index in [-0.39, 0.29) is 17.6 Å². The van der Waals surface area contributed by atoms with Crippen LogP contribution in [0.25, 0.3) is 56.2 Å². The van der Waals surface area contributed by atoms with Gasteiger partial charge in [0.25, 0.3) is 5.69 Å². The molecular weight excluding hydrogens is 825 g/mol. The first-order valence-electron chi connectivity index (χ1n) is 21.5. The van der Waals surface area contributed by atoms with E-state index in [4.69, 9.17) is 19.4 Å². The van der Waals surface area contributed by atoms with E-state index in [0.717, 1.165) is 100 Å². The van der Waals surface area contributed by atoms with Crippen LogP contribution < -0.4 is 9.47 Å². The first kappa shape index (κ1) is 45.2. The predicted octanol–water partition coefficient (Wildman–Crippen LogP) is 10.9. The SMILES string of the molecule is COC(=O)CCCCCOc1ccc2nc(-c3ccc([N+](=O)[O-])cc3)n(-c3ccccc3)c2c1.COC(=O)CCCCCOc1ccc2nc(-c3cccnc3)n(-c3ccccc3)c2c1. The van der Waals surface area contributed by atoms with Gasteiger partial charge < -0.3 is 18.9 Å². The Balaban J connectivity index is 0.000000195. The van der Waals surface area contributed by atoms with Crippen LogP contribution in [0.15, 0.2) is 146 Å². The number of rotatable bonds is 19. The van der Waals surface area contributed by atoms with E-state index in [1.165, 1.54) is 26.4 Å². The topological polar surface area (TPSA) is 163 Å². The molecular formula is C51H50N6O8. The Morgan fingerprint density at radius 3 is 1.51 bits per heavy atom. The van der Waals surface area contributed by atoms with Crippen molar-refractivity contribution in [2.75, 3.05) is 27.4 Å². The van der Waals surface area contributed by atoms with E-state index >= 15 is 0 Å². The van der Waals surface area contributed by atoms with Gasteiger partial charge in [0.05, 0.1) is 54.4 Å². The number of para-hydroxylation sites is 2. The van der Waals surface area contributed by atoms with Crippen LogP contribution in [0, 0.1) is 10.1 Å². The van der Waals surface area contributed by atoms with E-state index in [0.29, 0.717) is 31.9 Å². The van der Waals surface area contributed by atoms with Crippen LogP contribution >= 0.6 is 0 Å². The van der Waals surface area contributed by atoms with Gasteiger partial charge in [0.1, 0.15) is 23.1 Å². The minimum absolute atomic E-state index is 0.0356. The Morgan fingerprint density at radius 1 is 0.569 bits per heavy atom. The molecule has 0 atom stereocenters. The number of carbonyl (C=O) groups excluding carboxylic acids is 2. The summed E-state index contributed by atoms with van der Waals surface area (Å²) in [7, 11) is 2.82. The van der Waals surface area contributed by atoms with Crippen LogP contribution in [-0.2, 0) is 19.1 Å². The third-order valence-corrected chi connectivity index (χ3v) is 10.6. The quantitative estimate of drug-likeness (QED) is 0.0329. The highest BCUT2D eigenvalue weighted by molar-refractivity contribution is 5.85.